The van der Waals surface area contributed by atoms with E-state index in [-0.39, 0.29) is 0 Å². The van der Waals surface area contributed by atoms with Gasteiger partial charge in [0, 0.05) is 43.3 Å². The molecule has 0 aliphatic rings. The lowest BCUT2D eigenvalue weighted by atomic mass is 10.2. The number of pyridine rings is 2. The average molecular weight is 297 g/mol. The van der Waals surface area contributed by atoms with Crippen LogP contribution in [0.2, 0.25) is 0 Å². The second kappa shape index (κ2) is 6.32. The first-order chi connectivity index (χ1) is 10.3. The molecule has 106 valence electrons. The summed E-state index contributed by atoms with van der Waals surface area (Å²) in [5.41, 5.74) is 3.18. The predicted molar refractivity (Wildman–Crippen MR) is 86.6 cm³/mol. The fourth-order valence-corrected chi connectivity index (χ4v) is 2.22. The Hall–Kier alpha value is -2.47. The monoisotopic (exact) mass is 297 g/mol. The first kappa shape index (κ1) is 13.5. The van der Waals surface area contributed by atoms with E-state index in [1.165, 1.54) is 0 Å². The number of fused-ring (bicyclic) bond motifs is 1. The van der Waals surface area contributed by atoms with Crippen molar-refractivity contribution < 1.29 is 0 Å². The largest absolute Gasteiger partial charge is 0.359 e. The van der Waals surface area contributed by atoms with E-state index in [4.69, 9.17) is 12.2 Å². The lowest BCUT2D eigenvalue weighted by molar-refractivity contribution is 0.835. The molecule has 0 spiro atoms. The summed E-state index contributed by atoms with van der Waals surface area (Å²) in [7, 11) is 0. The zero-order valence-corrected chi connectivity index (χ0v) is 12.2. The van der Waals surface area contributed by atoms with Crippen LogP contribution in [0.3, 0.4) is 0 Å². The molecule has 0 aromatic carbocycles. The summed E-state index contributed by atoms with van der Waals surface area (Å²) in [6.07, 6.45) is 7.27. The minimum absolute atomic E-state index is 0.630. The van der Waals surface area contributed by atoms with Gasteiger partial charge in [0.25, 0.3) is 0 Å². The van der Waals surface area contributed by atoms with Gasteiger partial charge in [0.2, 0.25) is 0 Å². The SMILES string of the molecule is S=C(NCc1ccncc1)NCc1c[nH]c2ncccc12. The highest BCUT2D eigenvalue weighted by Gasteiger charge is 2.04. The molecular formula is C15H15N5S. The van der Waals surface area contributed by atoms with E-state index < -0.39 is 0 Å². The normalized spacial score (nSPS) is 10.5. The van der Waals surface area contributed by atoms with Crippen LogP contribution in [0.15, 0.2) is 49.1 Å². The molecule has 6 heteroatoms. The molecule has 3 N–H and O–H groups in total. The van der Waals surface area contributed by atoms with Gasteiger partial charge in [-0.25, -0.2) is 4.98 Å². The van der Waals surface area contributed by atoms with E-state index in [2.05, 4.69) is 25.6 Å². The number of hydrogen-bond acceptors (Lipinski definition) is 3. The molecule has 0 radical (unpaired) electrons. The van der Waals surface area contributed by atoms with Crippen molar-refractivity contribution in [1.29, 1.82) is 0 Å². The van der Waals surface area contributed by atoms with Gasteiger partial charge < -0.3 is 15.6 Å². The Morgan fingerprint density at radius 2 is 1.90 bits per heavy atom. The van der Waals surface area contributed by atoms with Crippen LogP contribution in [-0.2, 0) is 13.1 Å². The standard InChI is InChI=1S/C15H15N5S/c21-15(19-8-11-3-6-16-7-4-11)20-10-12-9-18-14-13(12)2-1-5-17-14/h1-7,9H,8,10H2,(H,17,18)(H2,19,20,21). The molecule has 0 aliphatic carbocycles. The molecule has 3 aromatic rings. The van der Waals surface area contributed by atoms with Gasteiger partial charge in [-0.05, 0) is 47.6 Å². The van der Waals surface area contributed by atoms with Crippen LogP contribution in [0.5, 0.6) is 0 Å². The zero-order chi connectivity index (χ0) is 14.5. The van der Waals surface area contributed by atoms with Gasteiger partial charge >= 0.3 is 0 Å². The molecule has 21 heavy (non-hydrogen) atoms. The molecule has 0 aliphatic heterocycles. The maximum absolute atomic E-state index is 5.29. The van der Waals surface area contributed by atoms with Crippen molar-refractivity contribution in [1.82, 2.24) is 25.6 Å². The summed E-state index contributed by atoms with van der Waals surface area (Å²) in [6.45, 7) is 1.34. The Morgan fingerprint density at radius 1 is 1.10 bits per heavy atom. The molecule has 5 nitrogen and oxygen atoms in total. The minimum atomic E-state index is 0.630. The summed E-state index contributed by atoms with van der Waals surface area (Å²) in [5, 5.41) is 8.12. The highest BCUT2D eigenvalue weighted by molar-refractivity contribution is 7.80. The number of nitrogens with one attached hydrogen (secondary N) is 3. The Labute approximate surface area is 127 Å². The van der Waals surface area contributed by atoms with Crippen LogP contribution in [0, 0.1) is 0 Å². The quantitative estimate of drug-likeness (QED) is 0.644. The van der Waals surface area contributed by atoms with Crippen molar-refractivity contribution in [3.05, 3.63) is 60.2 Å². The van der Waals surface area contributed by atoms with Gasteiger partial charge in [-0.3, -0.25) is 4.98 Å². The molecule has 3 rings (SSSR count). The van der Waals surface area contributed by atoms with E-state index in [9.17, 15) is 0 Å². The topological polar surface area (TPSA) is 65.6 Å². The summed E-state index contributed by atoms with van der Waals surface area (Å²) >= 11 is 5.29. The number of rotatable bonds is 4. The molecule has 0 fully saturated rings. The summed E-state index contributed by atoms with van der Waals surface area (Å²) in [6, 6.07) is 7.89. The molecular weight excluding hydrogens is 282 g/mol. The Kier molecular flexibility index (Phi) is 4.07. The van der Waals surface area contributed by atoms with Gasteiger partial charge in [0.05, 0.1) is 0 Å². The number of thiocarbonyl (C=S) groups is 1. The van der Waals surface area contributed by atoms with Gasteiger partial charge in [-0.15, -0.1) is 0 Å². The molecule has 3 heterocycles. The van der Waals surface area contributed by atoms with Crippen molar-refractivity contribution in [2.75, 3.05) is 0 Å². The molecule has 0 saturated carbocycles. The second-order valence-electron chi connectivity index (χ2n) is 4.61. The minimum Gasteiger partial charge on any atom is -0.359 e. The van der Waals surface area contributed by atoms with Crippen molar-refractivity contribution in [2.45, 2.75) is 13.1 Å². The third-order valence-corrected chi connectivity index (χ3v) is 3.47. The lowest BCUT2D eigenvalue weighted by Gasteiger charge is -2.10. The van der Waals surface area contributed by atoms with Gasteiger partial charge in [0.15, 0.2) is 5.11 Å². The molecule has 0 saturated heterocycles. The number of nitrogens with zero attached hydrogens (tertiary/aromatic N) is 2. The van der Waals surface area contributed by atoms with E-state index in [0.29, 0.717) is 18.2 Å². The van der Waals surface area contributed by atoms with E-state index in [0.717, 1.165) is 22.2 Å². The van der Waals surface area contributed by atoms with Crippen LogP contribution in [0.4, 0.5) is 0 Å². The highest BCUT2D eigenvalue weighted by Crippen LogP contribution is 2.14. The lowest BCUT2D eigenvalue weighted by Crippen LogP contribution is -2.34. The van der Waals surface area contributed by atoms with Crippen LogP contribution >= 0.6 is 12.2 Å². The van der Waals surface area contributed by atoms with E-state index in [1.807, 2.05) is 30.5 Å². The maximum Gasteiger partial charge on any atom is 0.166 e. The summed E-state index contributed by atoms with van der Waals surface area (Å²) in [5.74, 6) is 0. The van der Waals surface area contributed by atoms with Crippen LogP contribution < -0.4 is 10.6 Å². The highest BCUT2D eigenvalue weighted by atomic mass is 32.1. The fraction of sp³-hybridized carbons (Fsp3) is 0.133. The van der Waals surface area contributed by atoms with Crippen molar-refractivity contribution in [3.63, 3.8) is 0 Å². The van der Waals surface area contributed by atoms with Crippen molar-refractivity contribution in [3.8, 4) is 0 Å². The Balaban J connectivity index is 1.54. The zero-order valence-electron chi connectivity index (χ0n) is 11.3. The third-order valence-electron chi connectivity index (χ3n) is 3.18. The first-order valence-corrected chi connectivity index (χ1v) is 7.05. The maximum atomic E-state index is 5.29. The van der Waals surface area contributed by atoms with E-state index in [1.54, 1.807) is 18.6 Å². The third kappa shape index (κ3) is 3.35. The number of aromatic nitrogens is 3. The fourth-order valence-electron chi connectivity index (χ4n) is 2.08. The number of H-pyrrole nitrogens is 1. The van der Waals surface area contributed by atoms with Gasteiger partial charge in [-0.2, -0.15) is 0 Å². The molecule has 0 unspecified atom stereocenters. The van der Waals surface area contributed by atoms with Crippen molar-refractivity contribution in [2.24, 2.45) is 0 Å². The summed E-state index contributed by atoms with van der Waals surface area (Å²) in [4.78, 5) is 11.4. The molecule has 0 bridgehead atoms. The number of aromatic amines is 1. The second-order valence-corrected chi connectivity index (χ2v) is 5.01. The first-order valence-electron chi connectivity index (χ1n) is 6.64. The van der Waals surface area contributed by atoms with Crippen molar-refractivity contribution >= 4 is 28.4 Å². The van der Waals surface area contributed by atoms with Crippen LogP contribution in [0.1, 0.15) is 11.1 Å². The summed E-state index contributed by atoms with van der Waals surface area (Å²) < 4.78 is 0. The van der Waals surface area contributed by atoms with Gasteiger partial charge in [-0.1, -0.05) is 0 Å². The van der Waals surface area contributed by atoms with Gasteiger partial charge in [0.1, 0.15) is 5.65 Å². The Bertz CT molecular complexity index is 738. The predicted octanol–water partition coefficient (Wildman–Crippen LogP) is 2.12. The van der Waals surface area contributed by atoms with Crippen LogP contribution in [-0.4, -0.2) is 20.1 Å². The molecule has 3 aromatic heterocycles. The molecule has 0 atom stereocenters. The van der Waals surface area contributed by atoms with Crippen LogP contribution in [0.25, 0.3) is 11.0 Å². The number of hydrogen-bond donors (Lipinski definition) is 3. The average Bonchev–Trinajstić information content (AvgIpc) is 2.95. The Morgan fingerprint density at radius 3 is 2.76 bits per heavy atom. The smallest absolute Gasteiger partial charge is 0.166 e. The van der Waals surface area contributed by atoms with E-state index >= 15 is 0 Å². The molecule has 0 amide bonds.